The quantitative estimate of drug-likeness (QED) is 0.725. The van der Waals surface area contributed by atoms with Crippen molar-refractivity contribution in [1.29, 1.82) is 5.26 Å². The number of aromatic nitrogens is 1. The average Bonchev–Trinajstić information content (AvgIpc) is 2.78. The molecule has 160 valence electrons. The van der Waals surface area contributed by atoms with Crippen molar-refractivity contribution in [2.24, 2.45) is 9.81 Å². The van der Waals surface area contributed by atoms with Gasteiger partial charge in [-0.1, -0.05) is 0 Å². The normalized spacial score (nSPS) is 26.0. The summed E-state index contributed by atoms with van der Waals surface area (Å²) < 4.78 is 49.0. The zero-order chi connectivity index (χ0) is 21.6. The molecule has 3 aliphatic heterocycles. The van der Waals surface area contributed by atoms with E-state index in [4.69, 9.17) is 10.00 Å². The summed E-state index contributed by atoms with van der Waals surface area (Å²) in [6.45, 7) is 0.657. The third kappa shape index (κ3) is 3.55. The fourth-order valence-corrected chi connectivity index (χ4v) is 5.91. The predicted octanol–water partition coefficient (Wildman–Crippen LogP) is 3.12. The largest absolute Gasteiger partial charge is 0.489 e. The lowest BCUT2D eigenvalue weighted by Gasteiger charge is -2.54. The van der Waals surface area contributed by atoms with Gasteiger partial charge in [0.1, 0.15) is 18.5 Å². The highest BCUT2D eigenvalue weighted by molar-refractivity contribution is 7.90. The summed E-state index contributed by atoms with van der Waals surface area (Å²) in [6, 6.07) is 10.3. The SMILES string of the molecule is N#Cc1ccc(-c2ccc(OCC34CCC(CC3)N3CCS(=O)(=O)N=C34)c(F)c2)nc1. The number of hydrogen-bond acceptors (Lipinski definition) is 6. The van der Waals surface area contributed by atoms with E-state index in [0.29, 0.717) is 35.2 Å². The van der Waals surface area contributed by atoms with Crippen molar-refractivity contribution >= 4 is 15.9 Å². The van der Waals surface area contributed by atoms with Crippen LogP contribution in [0, 0.1) is 22.6 Å². The number of nitriles is 1. The lowest BCUT2D eigenvalue weighted by atomic mass is 9.67. The first-order valence-electron chi connectivity index (χ1n) is 10.3. The minimum absolute atomic E-state index is 0.0450. The fourth-order valence-electron chi connectivity index (χ4n) is 4.83. The van der Waals surface area contributed by atoms with Gasteiger partial charge in [-0.2, -0.15) is 5.26 Å². The van der Waals surface area contributed by atoms with Gasteiger partial charge in [-0.15, -0.1) is 4.40 Å². The monoisotopic (exact) mass is 440 g/mol. The number of ether oxygens (including phenoxy) is 1. The van der Waals surface area contributed by atoms with Crippen LogP contribution >= 0.6 is 0 Å². The number of hydrogen-bond donors (Lipinski definition) is 0. The summed E-state index contributed by atoms with van der Waals surface area (Å²) in [5.41, 5.74) is 1.08. The van der Waals surface area contributed by atoms with Crippen molar-refractivity contribution < 1.29 is 17.5 Å². The lowest BCUT2D eigenvalue weighted by Crippen LogP contribution is -2.62. The lowest BCUT2D eigenvalue weighted by molar-refractivity contribution is 0.0643. The number of pyridine rings is 1. The highest BCUT2D eigenvalue weighted by Crippen LogP contribution is 2.47. The second kappa shape index (κ2) is 7.31. The van der Waals surface area contributed by atoms with Crippen LogP contribution in [-0.2, 0) is 10.0 Å². The molecule has 2 saturated heterocycles. The Balaban J connectivity index is 1.38. The molecular weight excluding hydrogens is 419 g/mol. The van der Waals surface area contributed by atoms with Crippen LogP contribution < -0.4 is 4.74 Å². The molecule has 2 bridgehead atoms. The Morgan fingerprint density at radius 2 is 2.06 bits per heavy atom. The molecule has 0 N–H and O–H groups in total. The summed E-state index contributed by atoms with van der Waals surface area (Å²) in [7, 11) is -3.46. The molecule has 1 aromatic heterocycles. The number of nitrogens with zero attached hydrogens (tertiary/aromatic N) is 4. The van der Waals surface area contributed by atoms with Gasteiger partial charge in [-0.3, -0.25) is 4.98 Å². The van der Waals surface area contributed by atoms with Gasteiger partial charge in [0.2, 0.25) is 0 Å². The molecule has 4 heterocycles. The Kier molecular flexibility index (Phi) is 4.70. The number of amidine groups is 1. The number of halogens is 1. The molecule has 0 radical (unpaired) electrons. The van der Waals surface area contributed by atoms with Crippen molar-refractivity contribution in [1.82, 2.24) is 9.88 Å². The fraction of sp³-hybridized carbons (Fsp3) is 0.409. The molecule has 7 nitrogen and oxygen atoms in total. The number of benzene rings is 1. The Labute approximate surface area is 180 Å². The minimum Gasteiger partial charge on any atom is -0.489 e. The van der Waals surface area contributed by atoms with Crippen molar-refractivity contribution in [3.63, 3.8) is 0 Å². The van der Waals surface area contributed by atoms with E-state index < -0.39 is 21.3 Å². The van der Waals surface area contributed by atoms with E-state index in [-0.39, 0.29) is 18.1 Å². The number of piperidine rings is 2. The second-order valence-corrected chi connectivity index (χ2v) is 10.1. The summed E-state index contributed by atoms with van der Waals surface area (Å²) in [5, 5.41) is 8.88. The van der Waals surface area contributed by atoms with E-state index in [2.05, 4.69) is 14.3 Å². The average molecular weight is 441 g/mol. The highest BCUT2D eigenvalue weighted by atomic mass is 32.2. The van der Waals surface area contributed by atoms with E-state index >= 15 is 0 Å². The first-order valence-corrected chi connectivity index (χ1v) is 11.9. The Morgan fingerprint density at radius 1 is 1.26 bits per heavy atom. The molecule has 4 aliphatic rings. The van der Waals surface area contributed by atoms with Gasteiger partial charge < -0.3 is 9.64 Å². The first kappa shape index (κ1) is 19.9. The standard InChI is InChI=1S/C22H21FN4O3S/c23-18-11-16(19-3-1-15(12-24)13-25-19)2-4-20(18)30-14-22-7-5-17(6-8-22)27-9-10-31(28,29)26-21(22)27/h1-4,11,13,17H,5-10,14H2. The smallest absolute Gasteiger partial charge is 0.256 e. The van der Waals surface area contributed by atoms with Gasteiger partial charge in [0.15, 0.2) is 11.6 Å². The maximum atomic E-state index is 14.8. The van der Waals surface area contributed by atoms with Crippen LogP contribution in [0.2, 0.25) is 0 Å². The third-order valence-corrected chi connectivity index (χ3v) is 7.69. The van der Waals surface area contributed by atoms with Crippen molar-refractivity contribution in [3.8, 4) is 23.1 Å². The number of rotatable bonds is 4. The van der Waals surface area contributed by atoms with E-state index in [0.717, 1.165) is 25.7 Å². The molecule has 0 unspecified atom stereocenters. The molecule has 0 spiro atoms. The number of fused-ring (bicyclic) bond motifs is 2. The summed E-state index contributed by atoms with van der Waals surface area (Å²) in [5.74, 6) is 0.244. The minimum atomic E-state index is -3.46. The molecule has 2 aromatic rings. The van der Waals surface area contributed by atoms with Gasteiger partial charge in [0.05, 0.1) is 22.4 Å². The van der Waals surface area contributed by atoms with E-state index in [1.165, 1.54) is 12.3 Å². The van der Waals surface area contributed by atoms with Crippen molar-refractivity contribution in [2.45, 2.75) is 31.7 Å². The molecule has 1 saturated carbocycles. The second-order valence-electron chi connectivity index (χ2n) is 8.38. The van der Waals surface area contributed by atoms with Crippen LogP contribution in [0.3, 0.4) is 0 Å². The van der Waals surface area contributed by atoms with Crippen LogP contribution in [0.15, 0.2) is 40.9 Å². The van der Waals surface area contributed by atoms with Crippen LogP contribution in [0.1, 0.15) is 31.2 Å². The van der Waals surface area contributed by atoms with Gasteiger partial charge in [0, 0.05) is 24.3 Å². The van der Waals surface area contributed by atoms with E-state index in [9.17, 15) is 12.8 Å². The van der Waals surface area contributed by atoms with Gasteiger partial charge >= 0.3 is 0 Å². The highest BCUT2D eigenvalue weighted by Gasteiger charge is 2.52. The van der Waals surface area contributed by atoms with Crippen LogP contribution in [0.4, 0.5) is 4.39 Å². The Bertz CT molecular complexity index is 1200. The molecule has 9 heteroatoms. The zero-order valence-electron chi connectivity index (χ0n) is 16.8. The molecule has 1 aliphatic carbocycles. The summed E-state index contributed by atoms with van der Waals surface area (Å²) in [4.78, 5) is 6.31. The number of sulfonamides is 1. The molecule has 1 aromatic carbocycles. The van der Waals surface area contributed by atoms with Gasteiger partial charge in [0.25, 0.3) is 10.0 Å². The van der Waals surface area contributed by atoms with Crippen LogP contribution in [0.5, 0.6) is 5.75 Å². The zero-order valence-corrected chi connectivity index (χ0v) is 17.6. The van der Waals surface area contributed by atoms with Crippen molar-refractivity contribution in [3.05, 3.63) is 47.9 Å². The molecule has 0 amide bonds. The van der Waals surface area contributed by atoms with Crippen LogP contribution in [-0.4, -0.2) is 49.1 Å². The molecule has 31 heavy (non-hydrogen) atoms. The van der Waals surface area contributed by atoms with E-state index in [1.807, 2.05) is 6.07 Å². The van der Waals surface area contributed by atoms with Gasteiger partial charge in [-0.05, 0) is 56.0 Å². The Hall–Kier alpha value is -2.99. The maximum Gasteiger partial charge on any atom is 0.256 e. The first-order chi connectivity index (χ1) is 14.9. The van der Waals surface area contributed by atoms with Gasteiger partial charge in [-0.25, -0.2) is 12.8 Å². The third-order valence-electron chi connectivity index (χ3n) is 6.54. The van der Waals surface area contributed by atoms with Crippen LogP contribution in [0.25, 0.3) is 11.3 Å². The molecule has 0 atom stereocenters. The predicted molar refractivity (Wildman–Crippen MR) is 112 cm³/mol. The topological polar surface area (TPSA) is 95.7 Å². The van der Waals surface area contributed by atoms with E-state index in [1.54, 1.807) is 24.3 Å². The summed E-state index contributed by atoms with van der Waals surface area (Å²) >= 11 is 0. The Morgan fingerprint density at radius 3 is 2.74 bits per heavy atom. The molecule has 3 fully saturated rings. The molecule has 6 rings (SSSR count). The maximum absolute atomic E-state index is 14.8. The van der Waals surface area contributed by atoms with Crippen molar-refractivity contribution in [2.75, 3.05) is 18.9 Å². The summed E-state index contributed by atoms with van der Waals surface area (Å²) in [6.07, 6.45) is 4.96. The molecular formula is C22H21FN4O3S.